The zero-order valence-corrected chi connectivity index (χ0v) is 9.96. The number of morpholine rings is 1. The van der Waals surface area contributed by atoms with Gasteiger partial charge in [-0.2, -0.15) is 0 Å². The minimum atomic E-state index is -0.314. The van der Waals surface area contributed by atoms with E-state index in [-0.39, 0.29) is 11.9 Å². The maximum absolute atomic E-state index is 13.9. The highest BCUT2D eigenvalue weighted by Gasteiger charge is 2.21. The van der Waals surface area contributed by atoms with E-state index in [0.29, 0.717) is 30.3 Å². The molecule has 2 rings (SSSR count). The molecule has 17 heavy (non-hydrogen) atoms. The maximum atomic E-state index is 13.9. The van der Waals surface area contributed by atoms with E-state index >= 15 is 0 Å². The van der Waals surface area contributed by atoms with Crippen LogP contribution in [-0.4, -0.2) is 34.0 Å². The summed E-state index contributed by atoms with van der Waals surface area (Å²) in [5, 5.41) is 3.20. The Morgan fingerprint density at radius 3 is 2.59 bits per heavy atom. The predicted molar refractivity (Wildman–Crippen MR) is 61.1 cm³/mol. The lowest BCUT2D eigenvalue weighted by Gasteiger charge is -2.25. The first-order valence-corrected chi connectivity index (χ1v) is 5.48. The van der Waals surface area contributed by atoms with Crippen molar-refractivity contribution in [3.8, 4) is 11.5 Å². The third-order valence-electron chi connectivity index (χ3n) is 2.80. The summed E-state index contributed by atoms with van der Waals surface area (Å²) in [7, 11) is 3.02. The van der Waals surface area contributed by atoms with Gasteiger partial charge in [-0.15, -0.1) is 0 Å². The SMILES string of the molecule is COc1cc(F)c([C@H]2COCCN2)cc1OC. The molecule has 0 spiro atoms. The number of rotatable bonds is 3. The molecule has 1 aliphatic heterocycles. The fourth-order valence-corrected chi connectivity index (χ4v) is 1.90. The van der Waals surface area contributed by atoms with Crippen molar-refractivity contribution in [1.82, 2.24) is 5.32 Å². The van der Waals surface area contributed by atoms with Gasteiger partial charge in [-0.05, 0) is 6.07 Å². The van der Waals surface area contributed by atoms with Crippen molar-refractivity contribution in [2.24, 2.45) is 0 Å². The summed E-state index contributed by atoms with van der Waals surface area (Å²) < 4.78 is 29.4. The fourth-order valence-electron chi connectivity index (χ4n) is 1.90. The van der Waals surface area contributed by atoms with Crippen LogP contribution in [-0.2, 0) is 4.74 Å². The molecule has 0 unspecified atom stereocenters. The van der Waals surface area contributed by atoms with E-state index in [1.165, 1.54) is 20.3 Å². The molecule has 1 aromatic carbocycles. The smallest absolute Gasteiger partial charge is 0.163 e. The number of benzene rings is 1. The lowest BCUT2D eigenvalue weighted by atomic mass is 10.1. The van der Waals surface area contributed by atoms with E-state index in [1.807, 2.05) is 0 Å². The highest BCUT2D eigenvalue weighted by Crippen LogP contribution is 2.32. The van der Waals surface area contributed by atoms with E-state index in [1.54, 1.807) is 6.07 Å². The van der Waals surface area contributed by atoms with Crippen molar-refractivity contribution in [3.63, 3.8) is 0 Å². The van der Waals surface area contributed by atoms with Gasteiger partial charge in [0.15, 0.2) is 11.5 Å². The lowest BCUT2D eigenvalue weighted by molar-refractivity contribution is 0.0756. The summed E-state index contributed by atoms with van der Waals surface area (Å²) in [4.78, 5) is 0. The molecule has 1 fully saturated rings. The normalized spacial score (nSPS) is 20.1. The lowest BCUT2D eigenvalue weighted by Crippen LogP contribution is -2.35. The van der Waals surface area contributed by atoms with Crippen molar-refractivity contribution < 1.29 is 18.6 Å². The number of hydrogen-bond donors (Lipinski definition) is 1. The van der Waals surface area contributed by atoms with Gasteiger partial charge < -0.3 is 19.5 Å². The molecule has 0 radical (unpaired) electrons. The topological polar surface area (TPSA) is 39.7 Å². The Hall–Kier alpha value is -1.33. The van der Waals surface area contributed by atoms with Crippen LogP contribution in [0.3, 0.4) is 0 Å². The second kappa shape index (κ2) is 5.33. The third kappa shape index (κ3) is 2.50. The zero-order chi connectivity index (χ0) is 12.3. The van der Waals surface area contributed by atoms with Gasteiger partial charge >= 0.3 is 0 Å². The van der Waals surface area contributed by atoms with Crippen LogP contribution in [0.25, 0.3) is 0 Å². The minimum Gasteiger partial charge on any atom is -0.493 e. The second-order valence-corrected chi connectivity index (χ2v) is 3.81. The van der Waals surface area contributed by atoms with Crippen molar-refractivity contribution in [2.45, 2.75) is 6.04 Å². The van der Waals surface area contributed by atoms with Crippen LogP contribution in [0, 0.1) is 5.82 Å². The predicted octanol–water partition coefficient (Wildman–Crippen LogP) is 1.50. The summed E-state index contributed by atoms with van der Waals surface area (Å²) in [5.74, 6) is 0.604. The summed E-state index contributed by atoms with van der Waals surface area (Å²) in [6, 6.07) is 2.86. The van der Waals surface area contributed by atoms with Crippen LogP contribution in [0.4, 0.5) is 4.39 Å². The van der Waals surface area contributed by atoms with Gasteiger partial charge in [-0.1, -0.05) is 0 Å². The first-order chi connectivity index (χ1) is 8.26. The Morgan fingerprint density at radius 2 is 2.00 bits per heavy atom. The van der Waals surface area contributed by atoms with Gasteiger partial charge in [-0.3, -0.25) is 0 Å². The molecule has 1 heterocycles. The maximum Gasteiger partial charge on any atom is 0.163 e. The first kappa shape index (κ1) is 12.1. The molecule has 5 heteroatoms. The average molecular weight is 241 g/mol. The molecule has 1 atom stereocenters. The monoisotopic (exact) mass is 241 g/mol. The molecule has 1 aliphatic rings. The summed E-state index contributed by atoms with van der Waals surface area (Å²) in [6.07, 6.45) is 0. The van der Waals surface area contributed by atoms with Gasteiger partial charge in [-0.25, -0.2) is 4.39 Å². The van der Waals surface area contributed by atoms with Gasteiger partial charge in [0.25, 0.3) is 0 Å². The Labute approximate surface area is 99.7 Å². The number of nitrogens with one attached hydrogen (secondary N) is 1. The minimum absolute atomic E-state index is 0.136. The summed E-state index contributed by atoms with van der Waals surface area (Å²) in [5.41, 5.74) is 0.544. The largest absolute Gasteiger partial charge is 0.493 e. The number of ether oxygens (including phenoxy) is 3. The van der Waals surface area contributed by atoms with E-state index in [0.717, 1.165) is 6.54 Å². The zero-order valence-electron chi connectivity index (χ0n) is 9.96. The van der Waals surface area contributed by atoms with Crippen LogP contribution < -0.4 is 14.8 Å². The number of halogens is 1. The van der Waals surface area contributed by atoms with Gasteiger partial charge in [0, 0.05) is 18.2 Å². The van der Waals surface area contributed by atoms with Crippen LogP contribution >= 0.6 is 0 Å². The Bertz CT molecular complexity index is 392. The van der Waals surface area contributed by atoms with E-state index < -0.39 is 0 Å². The molecule has 0 aliphatic carbocycles. The highest BCUT2D eigenvalue weighted by molar-refractivity contribution is 5.44. The standard InChI is InChI=1S/C12H16FNO3/c1-15-11-5-8(9(13)6-12(11)16-2)10-7-17-4-3-14-10/h5-6,10,14H,3-4,7H2,1-2H3/t10-/m1/s1. The van der Waals surface area contributed by atoms with Crippen molar-refractivity contribution in [1.29, 1.82) is 0 Å². The summed E-state index contributed by atoms with van der Waals surface area (Å²) in [6.45, 7) is 1.84. The molecule has 0 saturated carbocycles. The third-order valence-corrected chi connectivity index (χ3v) is 2.80. The van der Waals surface area contributed by atoms with Crippen LogP contribution in [0.2, 0.25) is 0 Å². The van der Waals surface area contributed by atoms with Gasteiger partial charge in [0.05, 0.1) is 33.5 Å². The van der Waals surface area contributed by atoms with Gasteiger partial charge in [0.2, 0.25) is 0 Å². The molecule has 0 bridgehead atoms. The quantitative estimate of drug-likeness (QED) is 0.870. The van der Waals surface area contributed by atoms with Crippen molar-refractivity contribution >= 4 is 0 Å². The van der Waals surface area contributed by atoms with E-state index in [4.69, 9.17) is 14.2 Å². The highest BCUT2D eigenvalue weighted by atomic mass is 19.1. The molecule has 1 N–H and O–H groups in total. The Balaban J connectivity index is 2.32. The first-order valence-electron chi connectivity index (χ1n) is 5.48. The number of hydrogen-bond acceptors (Lipinski definition) is 4. The average Bonchev–Trinajstić information content (AvgIpc) is 2.39. The van der Waals surface area contributed by atoms with Crippen LogP contribution in [0.1, 0.15) is 11.6 Å². The Kier molecular flexibility index (Phi) is 3.81. The molecule has 4 nitrogen and oxygen atoms in total. The number of methoxy groups -OCH3 is 2. The molecule has 1 aromatic rings. The van der Waals surface area contributed by atoms with Crippen molar-refractivity contribution in [2.75, 3.05) is 34.0 Å². The molecule has 94 valence electrons. The van der Waals surface area contributed by atoms with Crippen LogP contribution in [0.5, 0.6) is 11.5 Å². The molecule has 0 amide bonds. The van der Waals surface area contributed by atoms with E-state index in [9.17, 15) is 4.39 Å². The van der Waals surface area contributed by atoms with Gasteiger partial charge in [0.1, 0.15) is 5.82 Å². The molecular weight excluding hydrogens is 225 g/mol. The Morgan fingerprint density at radius 1 is 1.29 bits per heavy atom. The van der Waals surface area contributed by atoms with Crippen molar-refractivity contribution in [3.05, 3.63) is 23.5 Å². The van der Waals surface area contributed by atoms with E-state index in [2.05, 4.69) is 5.32 Å². The molecule has 1 saturated heterocycles. The summed E-state index contributed by atoms with van der Waals surface area (Å²) >= 11 is 0. The molecule has 0 aromatic heterocycles. The molecular formula is C12H16FNO3. The fraction of sp³-hybridized carbons (Fsp3) is 0.500. The second-order valence-electron chi connectivity index (χ2n) is 3.81. The van der Waals surface area contributed by atoms with Crippen LogP contribution in [0.15, 0.2) is 12.1 Å².